The monoisotopic (exact) mass is 818 g/mol. The highest BCUT2D eigenvalue weighted by Gasteiger charge is 2.55. The maximum atomic E-state index is 14.6. The van der Waals surface area contributed by atoms with Crippen molar-refractivity contribution in [3.05, 3.63) is 111 Å². The summed E-state index contributed by atoms with van der Waals surface area (Å²) in [7, 11) is 0. The number of fused-ring (bicyclic) bond motifs is 1. The van der Waals surface area contributed by atoms with E-state index in [1.54, 1.807) is 25.1 Å². The number of hydrogen-bond donors (Lipinski definition) is 4. The predicted octanol–water partition coefficient (Wildman–Crippen LogP) is 6.78. The first-order chi connectivity index (χ1) is 26.4. The zero-order valence-corrected chi connectivity index (χ0v) is 30.8. The quantitative estimate of drug-likeness (QED) is 0.109. The van der Waals surface area contributed by atoms with Crippen LogP contribution in [0.2, 0.25) is 15.1 Å². The Kier molecular flexibility index (Phi) is 11.2. The van der Waals surface area contributed by atoms with Gasteiger partial charge >= 0.3 is 12.2 Å². The Morgan fingerprint density at radius 1 is 1.02 bits per heavy atom. The van der Waals surface area contributed by atoms with E-state index in [-0.39, 0.29) is 41.7 Å². The number of rotatable bonds is 10. The van der Waals surface area contributed by atoms with Gasteiger partial charge in [0.05, 0.1) is 29.6 Å². The Balaban J connectivity index is 1.42. The summed E-state index contributed by atoms with van der Waals surface area (Å²) in [6.45, 7) is 1.45. The van der Waals surface area contributed by atoms with Gasteiger partial charge in [0.25, 0.3) is 0 Å². The molecule has 0 saturated carbocycles. The van der Waals surface area contributed by atoms with E-state index in [4.69, 9.17) is 54.0 Å². The smallest absolute Gasteiger partial charge is 0.404 e. The summed E-state index contributed by atoms with van der Waals surface area (Å²) in [5.41, 5.74) is 1.10. The van der Waals surface area contributed by atoms with Crippen LogP contribution < -0.4 is 10.6 Å². The molecular formula is C35H31Cl3F2N8O7. The first-order valence-corrected chi connectivity index (χ1v) is 17.9. The van der Waals surface area contributed by atoms with Crippen LogP contribution in [-0.4, -0.2) is 83.6 Å². The van der Waals surface area contributed by atoms with Gasteiger partial charge in [-0.25, -0.2) is 32.7 Å². The first-order valence-electron chi connectivity index (χ1n) is 16.8. The second-order valence-electron chi connectivity index (χ2n) is 12.8. The number of nitrogens with one attached hydrogen (secondary N) is 2. The van der Waals surface area contributed by atoms with Crippen LogP contribution >= 0.6 is 34.8 Å². The lowest BCUT2D eigenvalue weighted by Gasteiger charge is -2.51. The number of carboxylic acid groups (broad SMARTS) is 2. The highest BCUT2D eigenvalue weighted by Crippen LogP contribution is 2.49. The van der Waals surface area contributed by atoms with E-state index in [1.165, 1.54) is 15.6 Å². The largest absolute Gasteiger partial charge is 0.465 e. The number of halogens is 5. The second-order valence-corrected chi connectivity index (χ2v) is 14.0. The van der Waals surface area contributed by atoms with E-state index < -0.39 is 71.4 Å². The number of ether oxygens (including phenoxy) is 3. The van der Waals surface area contributed by atoms with E-state index in [1.807, 2.05) is 30.3 Å². The van der Waals surface area contributed by atoms with Crippen molar-refractivity contribution in [1.82, 2.24) is 40.4 Å². The number of benzene rings is 3. The van der Waals surface area contributed by atoms with Gasteiger partial charge in [0.1, 0.15) is 46.5 Å². The fourth-order valence-electron chi connectivity index (χ4n) is 6.99. The summed E-state index contributed by atoms with van der Waals surface area (Å²) in [6.07, 6.45) is -5.24. The predicted molar refractivity (Wildman–Crippen MR) is 192 cm³/mol. The Labute approximate surface area is 326 Å². The van der Waals surface area contributed by atoms with Crippen molar-refractivity contribution >= 4 is 47.0 Å². The molecule has 2 amide bonds. The van der Waals surface area contributed by atoms with Gasteiger partial charge in [0.2, 0.25) is 0 Å². The molecule has 0 bridgehead atoms. The molecule has 0 radical (unpaired) electrons. The zero-order valence-electron chi connectivity index (χ0n) is 28.5. The highest BCUT2D eigenvalue weighted by atomic mass is 35.5. The van der Waals surface area contributed by atoms with Gasteiger partial charge in [0, 0.05) is 34.7 Å². The molecule has 4 heterocycles. The number of carbonyl (C=O) groups is 2. The molecule has 4 N–H and O–H groups in total. The standard InChI is InChI=1S/C35H31Cl3F2N8O7/c1-16-42-32(48(45-16)25-13-19(36)7-8-20(25)37)31-27(23(43-35(51)52)9-10-41-34(49)50)29(30-26(54-31)15-53-33(55-30)17-5-3-2-4-6-17)47-14-24(44-46-47)18-11-21(39)28(38)22(40)12-18/h2-8,11-14,23,26-27,29-31,33,41,43H,9-10,15H2,1H3,(H,49,50)(H,51,52)/t23?,26-,27-,29+,30+,31+,33+/m1/s1. The molecule has 2 fully saturated rings. The number of nitrogens with zero attached hydrogens (tertiary/aromatic N) is 6. The number of amides is 2. The van der Waals surface area contributed by atoms with Crippen LogP contribution in [0.15, 0.2) is 66.9 Å². The SMILES string of the molecule is Cc1nc([C@H]2O[C@@H]3CO[C@H](c4ccccc4)O[C@@H]3[C@@H](n3cc(-c4cc(F)c(Cl)c(F)c4)nn3)[C@H]2C(CCNC(=O)O)NC(=O)O)n(-c2cc(Cl)ccc2Cl)n1. The van der Waals surface area contributed by atoms with Crippen LogP contribution in [-0.2, 0) is 14.2 Å². The van der Waals surface area contributed by atoms with E-state index in [0.29, 0.717) is 22.1 Å². The molecule has 3 aromatic carbocycles. The maximum absolute atomic E-state index is 14.6. The molecule has 55 heavy (non-hydrogen) atoms. The minimum Gasteiger partial charge on any atom is -0.465 e. The fraction of sp³-hybridized carbons (Fsp3) is 0.314. The molecule has 5 aromatic rings. The van der Waals surface area contributed by atoms with Gasteiger partial charge in [-0.2, -0.15) is 5.10 Å². The van der Waals surface area contributed by atoms with E-state index in [2.05, 4.69) is 26.0 Å². The van der Waals surface area contributed by atoms with Gasteiger partial charge < -0.3 is 35.1 Å². The minimum absolute atomic E-state index is 0.0122. The summed E-state index contributed by atoms with van der Waals surface area (Å²) >= 11 is 18.8. The topological polar surface area (TPSA) is 188 Å². The third-order valence-corrected chi connectivity index (χ3v) is 10.2. The molecule has 2 aliphatic heterocycles. The minimum atomic E-state index is -1.42. The summed E-state index contributed by atoms with van der Waals surface area (Å²) in [5.74, 6) is -2.57. The number of hydrogen-bond acceptors (Lipinski definition) is 9. The van der Waals surface area contributed by atoms with Crippen molar-refractivity contribution in [2.45, 2.75) is 50.0 Å². The molecule has 2 aromatic heterocycles. The fourth-order valence-corrected chi connectivity index (χ4v) is 7.46. The van der Waals surface area contributed by atoms with E-state index in [0.717, 1.165) is 12.1 Å². The average Bonchev–Trinajstić information content (AvgIpc) is 3.80. The number of aromatic nitrogens is 6. The molecule has 288 valence electrons. The lowest BCUT2D eigenvalue weighted by molar-refractivity contribution is -0.314. The lowest BCUT2D eigenvalue weighted by atomic mass is 9.77. The van der Waals surface area contributed by atoms with Crippen LogP contribution in [0, 0.1) is 24.5 Å². The van der Waals surface area contributed by atoms with Crippen molar-refractivity contribution in [1.29, 1.82) is 0 Å². The van der Waals surface area contributed by atoms with Gasteiger partial charge in [-0.15, -0.1) is 5.10 Å². The highest BCUT2D eigenvalue weighted by molar-refractivity contribution is 6.34. The molecule has 0 aliphatic carbocycles. The Bertz CT molecular complexity index is 2190. The summed E-state index contributed by atoms with van der Waals surface area (Å²) in [6, 6.07) is 13.8. The van der Waals surface area contributed by atoms with Gasteiger partial charge in [-0.05, 0) is 43.7 Å². The third kappa shape index (κ3) is 8.08. The molecule has 15 nitrogen and oxygen atoms in total. The lowest BCUT2D eigenvalue weighted by Crippen LogP contribution is -2.59. The van der Waals surface area contributed by atoms with E-state index in [9.17, 15) is 28.6 Å². The molecule has 2 aliphatic rings. The van der Waals surface area contributed by atoms with Crippen LogP contribution in [0.5, 0.6) is 0 Å². The third-order valence-electron chi connectivity index (χ3n) is 9.26. The zero-order chi connectivity index (χ0) is 39.0. The maximum Gasteiger partial charge on any atom is 0.404 e. The van der Waals surface area contributed by atoms with Crippen LogP contribution in [0.25, 0.3) is 16.9 Å². The second kappa shape index (κ2) is 16.1. The average molecular weight is 820 g/mol. The van der Waals surface area contributed by atoms with Crippen LogP contribution in [0.4, 0.5) is 18.4 Å². The summed E-state index contributed by atoms with van der Waals surface area (Å²) in [5, 5.41) is 37.6. The van der Waals surface area contributed by atoms with Gasteiger partial charge in [-0.3, -0.25) is 0 Å². The van der Waals surface area contributed by atoms with Crippen LogP contribution in [0.3, 0.4) is 0 Å². The van der Waals surface area contributed by atoms with Crippen LogP contribution in [0.1, 0.15) is 42.1 Å². The Morgan fingerprint density at radius 3 is 2.47 bits per heavy atom. The molecule has 1 unspecified atom stereocenters. The van der Waals surface area contributed by atoms with Crippen molar-refractivity contribution < 1.29 is 42.8 Å². The normalized spacial score (nSPS) is 22.8. The molecule has 7 atom stereocenters. The van der Waals surface area contributed by atoms with Crippen molar-refractivity contribution in [2.75, 3.05) is 13.2 Å². The number of aryl methyl sites for hydroxylation is 1. The summed E-state index contributed by atoms with van der Waals surface area (Å²) < 4.78 is 51.7. The van der Waals surface area contributed by atoms with Crippen molar-refractivity contribution in [2.24, 2.45) is 5.92 Å². The summed E-state index contributed by atoms with van der Waals surface area (Å²) in [4.78, 5) is 28.8. The molecular weight excluding hydrogens is 789 g/mol. The molecule has 2 saturated heterocycles. The Morgan fingerprint density at radius 2 is 1.76 bits per heavy atom. The Hall–Kier alpha value is -4.91. The van der Waals surface area contributed by atoms with E-state index >= 15 is 0 Å². The molecule has 0 spiro atoms. The van der Waals surface area contributed by atoms with Gasteiger partial charge in [0.15, 0.2) is 12.1 Å². The van der Waals surface area contributed by atoms with Crippen molar-refractivity contribution in [3.63, 3.8) is 0 Å². The first kappa shape index (κ1) is 38.4. The molecule has 20 heteroatoms. The molecule has 7 rings (SSSR count). The van der Waals surface area contributed by atoms with Gasteiger partial charge in [-0.1, -0.05) is 70.3 Å². The van der Waals surface area contributed by atoms with Crippen molar-refractivity contribution in [3.8, 4) is 16.9 Å².